The number of allylic oxidation sites excluding steroid dienone is 7. The summed E-state index contributed by atoms with van der Waals surface area (Å²) in [6.45, 7) is 15.8. The summed E-state index contributed by atoms with van der Waals surface area (Å²) in [5.41, 5.74) is 4.32. The van der Waals surface area contributed by atoms with Gasteiger partial charge in [-0.2, -0.15) is 0 Å². The maximum atomic E-state index is 7.35. The van der Waals surface area contributed by atoms with Gasteiger partial charge in [-0.3, -0.25) is 0 Å². The smallest absolute Gasteiger partial charge is 0.0247 e. The van der Waals surface area contributed by atoms with Gasteiger partial charge < -0.3 is 5.41 Å². The van der Waals surface area contributed by atoms with Crippen molar-refractivity contribution in [1.29, 1.82) is 5.41 Å². The summed E-state index contributed by atoms with van der Waals surface area (Å²) in [6.07, 6.45) is 12.7. The summed E-state index contributed by atoms with van der Waals surface area (Å²) in [4.78, 5) is 0. The quantitative estimate of drug-likeness (QED) is 0.222. The predicted molar refractivity (Wildman–Crippen MR) is 87.9 cm³/mol. The standard InChI is InChI=1S/C18H27N/c1-6-9-10-12-18(15(4)8-3)13-17(11-7-2)16(5)14-19/h7-8,13-14,19H,2-3,5-6,9-12H2,1,4H3/b17-13-,18-15-,19-14?. The van der Waals surface area contributed by atoms with E-state index in [9.17, 15) is 0 Å². The van der Waals surface area contributed by atoms with Gasteiger partial charge in [0.15, 0.2) is 0 Å². The third kappa shape index (κ3) is 6.76. The molecule has 0 amide bonds. The largest absolute Gasteiger partial charge is 0.308 e. The van der Waals surface area contributed by atoms with Gasteiger partial charge in [0.1, 0.15) is 0 Å². The second-order valence-corrected chi connectivity index (χ2v) is 4.70. The number of rotatable bonds is 10. The van der Waals surface area contributed by atoms with E-state index in [2.05, 4.69) is 39.7 Å². The zero-order chi connectivity index (χ0) is 14.7. The third-order valence-corrected chi connectivity index (χ3v) is 3.16. The van der Waals surface area contributed by atoms with E-state index < -0.39 is 0 Å². The van der Waals surface area contributed by atoms with Gasteiger partial charge in [0.2, 0.25) is 0 Å². The van der Waals surface area contributed by atoms with Gasteiger partial charge in [-0.05, 0) is 48.5 Å². The summed E-state index contributed by atoms with van der Waals surface area (Å²) < 4.78 is 0. The molecule has 0 aromatic carbocycles. The molecule has 0 atom stereocenters. The molecule has 0 spiro atoms. The Kier molecular flexibility index (Phi) is 9.42. The minimum absolute atomic E-state index is 0.746. The van der Waals surface area contributed by atoms with E-state index in [0.29, 0.717) is 0 Å². The van der Waals surface area contributed by atoms with E-state index in [-0.39, 0.29) is 0 Å². The zero-order valence-electron chi connectivity index (χ0n) is 12.5. The second kappa shape index (κ2) is 10.3. The van der Waals surface area contributed by atoms with Crippen LogP contribution in [0.4, 0.5) is 0 Å². The molecule has 0 aliphatic rings. The topological polar surface area (TPSA) is 23.9 Å². The van der Waals surface area contributed by atoms with Gasteiger partial charge in [0.25, 0.3) is 0 Å². The van der Waals surface area contributed by atoms with Crippen LogP contribution in [0.25, 0.3) is 0 Å². The molecule has 1 nitrogen and oxygen atoms in total. The lowest BCUT2D eigenvalue weighted by Crippen LogP contribution is -1.93. The lowest BCUT2D eigenvalue weighted by molar-refractivity contribution is 0.717. The molecule has 0 aromatic heterocycles. The fourth-order valence-corrected chi connectivity index (χ4v) is 1.82. The molecule has 0 saturated heterocycles. The molecule has 0 aromatic rings. The number of hydrogen-bond acceptors (Lipinski definition) is 1. The normalized spacial score (nSPS) is 12.6. The Hall–Kier alpha value is -1.63. The first-order valence-corrected chi connectivity index (χ1v) is 6.94. The average Bonchev–Trinajstić information content (AvgIpc) is 2.43. The van der Waals surface area contributed by atoms with E-state index in [0.717, 1.165) is 24.0 Å². The van der Waals surface area contributed by atoms with E-state index in [1.54, 1.807) is 0 Å². The van der Waals surface area contributed by atoms with Gasteiger partial charge >= 0.3 is 0 Å². The Morgan fingerprint density at radius 2 is 1.89 bits per heavy atom. The number of hydrogen-bond donors (Lipinski definition) is 1. The van der Waals surface area contributed by atoms with Crippen LogP contribution in [0.3, 0.4) is 0 Å². The van der Waals surface area contributed by atoms with Gasteiger partial charge in [-0.15, -0.1) is 6.58 Å². The van der Waals surface area contributed by atoms with Crippen molar-refractivity contribution in [3.8, 4) is 0 Å². The fraction of sp³-hybridized carbons (Fsp3) is 0.389. The van der Waals surface area contributed by atoms with E-state index in [4.69, 9.17) is 5.41 Å². The first-order valence-electron chi connectivity index (χ1n) is 6.94. The molecule has 0 aliphatic carbocycles. The monoisotopic (exact) mass is 257 g/mol. The summed E-state index contributed by atoms with van der Waals surface area (Å²) in [5, 5.41) is 7.35. The molecule has 0 saturated carbocycles. The number of nitrogens with one attached hydrogen (secondary N) is 1. The Morgan fingerprint density at radius 1 is 1.21 bits per heavy atom. The lowest BCUT2D eigenvalue weighted by Gasteiger charge is -2.10. The predicted octanol–water partition coefficient (Wildman–Crippen LogP) is 5.78. The maximum absolute atomic E-state index is 7.35. The summed E-state index contributed by atoms with van der Waals surface area (Å²) in [6, 6.07) is 0. The van der Waals surface area contributed by atoms with Crippen molar-refractivity contribution in [1.82, 2.24) is 0 Å². The highest BCUT2D eigenvalue weighted by atomic mass is 14.3. The molecule has 0 radical (unpaired) electrons. The van der Waals surface area contributed by atoms with Crippen molar-refractivity contribution in [3.63, 3.8) is 0 Å². The number of unbranched alkanes of at least 4 members (excludes halogenated alkanes) is 2. The summed E-state index contributed by atoms with van der Waals surface area (Å²) in [7, 11) is 0. The van der Waals surface area contributed by atoms with Crippen LogP contribution < -0.4 is 0 Å². The molecule has 0 rings (SSSR count). The van der Waals surface area contributed by atoms with E-state index in [1.807, 2.05) is 12.2 Å². The van der Waals surface area contributed by atoms with Crippen LogP contribution in [-0.4, -0.2) is 6.21 Å². The van der Waals surface area contributed by atoms with Crippen molar-refractivity contribution < 1.29 is 0 Å². The van der Waals surface area contributed by atoms with E-state index >= 15 is 0 Å². The Morgan fingerprint density at radius 3 is 2.37 bits per heavy atom. The van der Waals surface area contributed by atoms with Crippen LogP contribution in [0, 0.1) is 5.41 Å². The molecular formula is C18H27N. The zero-order valence-corrected chi connectivity index (χ0v) is 12.5. The molecule has 0 aliphatic heterocycles. The van der Waals surface area contributed by atoms with Gasteiger partial charge in [-0.25, -0.2) is 0 Å². The van der Waals surface area contributed by atoms with Crippen molar-refractivity contribution in [2.75, 3.05) is 0 Å². The van der Waals surface area contributed by atoms with Crippen LogP contribution in [0.15, 0.2) is 60.3 Å². The van der Waals surface area contributed by atoms with E-state index in [1.165, 1.54) is 36.6 Å². The fourth-order valence-electron chi connectivity index (χ4n) is 1.82. The van der Waals surface area contributed by atoms with Crippen LogP contribution in [-0.2, 0) is 0 Å². The van der Waals surface area contributed by atoms with Crippen molar-refractivity contribution in [2.45, 2.75) is 46.0 Å². The molecule has 104 valence electrons. The molecule has 0 bridgehead atoms. The molecule has 19 heavy (non-hydrogen) atoms. The highest BCUT2D eigenvalue weighted by Crippen LogP contribution is 2.21. The van der Waals surface area contributed by atoms with Crippen LogP contribution in [0.2, 0.25) is 0 Å². The van der Waals surface area contributed by atoms with Crippen LogP contribution in [0.5, 0.6) is 0 Å². The third-order valence-electron chi connectivity index (χ3n) is 3.16. The Bertz CT molecular complexity index is 394. The SMILES string of the molecule is C=CC/C(=C/C(CCCCC)=C(/C)C=C)C(=C)C=N. The first kappa shape index (κ1) is 17.4. The maximum Gasteiger partial charge on any atom is 0.0247 e. The highest BCUT2D eigenvalue weighted by molar-refractivity contribution is 5.81. The van der Waals surface area contributed by atoms with Crippen molar-refractivity contribution >= 4 is 6.21 Å². The molecular weight excluding hydrogens is 230 g/mol. The molecule has 0 unspecified atom stereocenters. The minimum Gasteiger partial charge on any atom is -0.308 e. The summed E-state index contributed by atoms with van der Waals surface area (Å²) >= 11 is 0. The van der Waals surface area contributed by atoms with Gasteiger partial charge in [0, 0.05) is 6.21 Å². The van der Waals surface area contributed by atoms with Crippen LogP contribution in [0.1, 0.15) is 46.0 Å². The average molecular weight is 257 g/mol. The molecule has 0 fully saturated rings. The van der Waals surface area contributed by atoms with Crippen molar-refractivity contribution in [2.24, 2.45) is 0 Å². The van der Waals surface area contributed by atoms with Crippen LogP contribution >= 0.6 is 0 Å². The first-order chi connectivity index (χ1) is 9.10. The van der Waals surface area contributed by atoms with Gasteiger partial charge in [-0.1, -0.05) is 51.2 Å². The summed E-state index contributed by atoms with van der Waals surface area (Å²) in [5.74, 6) is 0. The lowest BCUT2D eigenvalue weighted by atomic mass is 9.96. The Balaban J connectivity index is 5.22. The Labute approximate surface area is 118 Å². The highest BCUT2D eigenvalue weighted by Gasteiger charge is 2.03. The minimum atomic E-state index is 0.746. The van der Waals surface area contributed by atoms with Crippen molar-refractivity contribution in [3.05, 3.63) is 60.3 Å². The molecule has 1 heteroatoms. The molecule has 1 N–H and O–H groups in total. The second-order valence-electron chi connectivity index (χ2n) is 4.70. The molecule has 0 heterocycles. The van der Waals surface area contributed by atoms with Gasteiger partial charge in [0.05, 0.1) is 0 Å².